The van der Waals surface area contributed by atoms with Gasteiger partial charge in [-0.15, -0.1) is 0 Å². The van der Waals surface area contributed by atoms with Gasteiger partial charge in [0.05, 0.1) is 16.6 Å². The Hall–Kier alpha value is -2.44. The number of carboxylic acids is 1. The number of hydrogen-bond donors (Lipinski definition) is 1. The second-order valence-electron chi connectivity index (χ2n) is 4.77. The third-order valence-corrected chi connectivity index (χ3v) is 2.95. The van der Waals surface area contributed by atoms with E-state index in [1.54, 1.807) is 26.8 Å². The number of hydrogen-bond acceptors (Lipinski definition) is 5. The number of carbonyl (C=O) groups excluding carboxylic acids is 1. The minimum atomic E-state index is -1.05. The number of aryl methyl sites for hydroxylation is 1. The first-order valence-corrected chi connectivity index (χ1v) is 6.15. The Morgan fingerprint density at radius 3 is 2.75 bits per heavy atom. The highest BCUT2D eigenvalue weighted by atomic mass is 16.5. The fourth-order valence-electron chi connectivity index (χ4n) is 1.86. The first-order chi connectivity index (χ1) is 9.40. The highest BCUT2D eigenvalue weighted by molar-refractivity contribution is 5.98. The molecule has 0 radical (unpaired) electrons. The van der Waals surface area contributed by atoms with Crippen LogP contribution >= 0.6 is 0 Å². The summed E-state index contributed by atoms with van der Waals surface area (Å²) in [4.78, 5) is 28.5. The van der Waals surface area contributed by atoms with Crippen LogP contribution in [0.3, 0.4) is 0 Å². The zero-order valence-electron chi connectivity index (χ0n) is 11.5. The van der Waals surface area contributed by atoms with Crippen molar-refractivity contribution >= 4 is 23.0 Å². The van der Waals surface area contributed by atoms with Gasteiger partial charge < -0.3 is 14.5 Å². The van der Waals surface area contributed by atoms with Crippen LogP contribution in [0.2, 0.25) is 0 Å². The van der Waals surface area contributed by atoms with Crippen molar-refractivity contribution in [3.63, 3.8) is 0 Å². The van der Waals surface area contributed by atoms with Crippen LogP contribution in [0.1, 0.15) is 29.9 Å². The third kappa shape index (κ3) is 2.61. The van der Waals surface area contributed by atoms with Crippen LogP contribution < -0.4 is 0 Å². The van der Waals surface area contributed by atoms with E-state index < -0.39 is 5.97 Å². The lowest BCUT2D eigenvalue weighted by Gasteiger charge is -2.24. The summed E-state index contributed by atoms with van der Waals surface area (Å²) in [5, 5.41) is 13.3. The van der Waals surface area contributed by atoms with E-state index in [-0.39, 0.29) is 18.5 Å². The Bertz CT molecular complexity index is 663. The van der Waals surface area contributed by atoms with Gasteiger partial charge in [0.2, 0.25) is 0 Å². The average molecular weight is 277 g/mol. The predicted octanol–water partition coefficient (Wildman–Crippen LogP) is 1.47. The average Bonchev–Trinajstić information content (AvgIpc) is 2.76. The van der Waals surface area contributed by atoms with E-state index in [9.17, 15) is 9.59 Å². The molecule has 7 heteroatoms. The molecular weight excluding hydrogens is 262 g/mol. The molecule has 0 spiro atoms. The minimum Gasteiger partial charge on any atom is -0.480 e. The summed E-state index contributed by atoms with van der Waals surface area (Å²) >= 11 is 0. The lowest BCUT2D eigenvalue weighted by Crippen LogP contribution is -2.40. The normalized spacial score (nSPS) is 11.0. The van der Waals surface area contributed by atoms with E-state index in [1.807, 2.05) is 0 Å². The summed E-state index contributed by atoms with van der Waals surface area (Å²) in [6.45, 7) is 4.92. The molecule has 106 valence electrons. The predicted molar refractivity (Wildman–Crippen MR) is 70.3 cm³/mol. The molecule has 0 aromatic carbocycles. The number of amides is 1. The monoisotopic (exact) mass is 277 g/mol. The summed E-state index contributed by atoms with van der Waals surface area (Å²) in [7, 11) is 0. The fraction of sp³-hybridized carbons (Fsp3) is 0.385. The Kier molecular flexibility index (Phi) is 3.69. The standard InChI is InChI=1S/C13H15N3O4/c1-7(2)16(6-11(17)18)13(19)9-4-10-8(3)15-20-12(10)14-5-9/h4-5,7H,6H2,1-3H3,(H,17,18). The molecule has 7 nitrogen and oxygen atoms in total. The number of nitrogens with zero attached hydrogens (tertiary/aromatic N) is 3. The molecule has 20 heavy (non-hydrogen) atoms. The molecule has 2 heterocycles. The highest BCUT2D eigenvalue weighted by Gasteiger charge is 2.22. The minimum absolute atomic E-state index is 0.224. The maximum atomic E-state index is 12.4. The topological polar surface area (TPSA) is 96.5 Å². The second-order valence-corrected chi connectivity index (χ2v) is 4.77. The number of aliphatic carboxylic acids is 1. The summed E-state index contributed by atoms with van der Waals surface area (Å²) in [6, 6.07) is 1.39. The van der Waals surface area contributed by atoms with Crippen LogP contribution in [0.15, 0.2) is 16.8 Å². The van der Waals surface area contributed by atoms with Crippen molar-refractivity contribution < 1.29 is 19.2 Å². The third-order valence-electron chi connectivity index (χ3n) is 2.95. The van der Waals surface area contributed by atoms with E-state index in [0.29, 0.717) is 22.4 Å². The molecule has 1 amide bonds. The Balaban J connectivity index is 2.37. The summed E-state index contributed by atoms with van der Waals surface area (Å²) < 4.78 is 4.98. The molecule has 0 atom stereocenters. The number of rotatable bonds is 4. The van der Waals surface area contributed by atoms with Gasteiger partial charge in [0.25, 0.3) is 11.6 Å². The molecule has 2 aromatic rings. The van der Waals surface area contributed by atoms with Crippen LogP contribution in [0.5, 0.6) is 0 Å². The molecular formula is C13H15N3O4. The van der Waals surface area contributed by atoms with Gasteiger partial charge in [-0.05, 0) is 26.8 Å². The first-order valence-electron chi connectivity index (χ1n) is 6.15. The van der Waals surface area contributed by atoms with E-state index >= 15 is 0 Å². The van der Waals surface area contributed by atoms with E-state index in [2.05, 4.69) is 10.1 Å². The molecule has 2 aromatic heterocycles. The zero-order chi connectivity index (χ0) is 14.9. The van der Waals surface area contributed by atoms with E-state index in [4.69, 9.17) is 9.63 Å². The number of aromatic nitrogens is 2. The summed E-state index contributed by atoms with van der Waals surface area (Å²) in [6.07, 6.45) is 1.37. The van der Waals surface area contributed by atoms with Crippen molar-refractivity contribution in [2.24, 2.45) is 0 Å². The molecule has 0 aliphatic carbocycles. The largest absolute Gasteiger partial charge is 0.480 e. The Labute approximate surface area is 115 Å². The molecule has 0 bridgehead atoms. The van der Waals surface area contributed by atoms with Gasteiger partial charge in [0.15, 0.2) is 0 Å². The highest BCUT2D eigenvalue weighted by Crippen LogP contribution is 2.18. The molecule has 1 N–H and O–H groups in total. The number of carboxylic acid groups (broad SMARTS) is 1. The van der Waals surface area contributed by atoms with Gasteiger partial charge in [0.1, 0.15) is 6.54 Å². The van der Waals surface area contributed by atoms with Crippen LogP contribution in [0, 0.1) is 6.92 Å². The van der Waals surface area contributed by atoms with E-state index in [0.717, 1.165) is 0 Å². The van der Waals surface area contributed by atoms with Crippen molar-refractivity contribution in [2.45, 2.75) is 26.8 Å². The molecule has 0 fully saturated rings. The van der Waals surface area contributed by atoms with Gasteiger partial charge in [-0.1, -0.05) is 5.16 Å². The lowest BCUT2D eigenvalue weighted by molar-refractivity contribution is -0.138. The fourth-order valence-corrected chi connectivity index (χ4v) is 1.86. The van der Waals surface area contributed by atoms with Crippen molar-refractivity contribution in [3.8, 4) is 0 Å². The van der Waals surface area contributed by atoms with Gasteiger partial charge in [0, 0.05) is 12.2 Å². The van der Waals surface area contributed by atoms with Gasteiger partial charge in [-0.25, -0.2) is 4.98 Å². The molecule has 0 aliphatic heterocycles. The molecule has 0 saturated carbocycles. The van der Waals surface area contributed by atoms with Crippen LogP contribution in [0.4, 0.5) is 0 Å². The number of fused-ring (bicyclic) bond motifs is 1. The van der Waals surface area contributed by atoms with Crippen LogP contribution in [-0.4, -0.2) is 44.6 Å². The first kappa shape index (κ1) is 14.0. The Morgan fingerprint density at radius 2 is 2.15 bits per heavy atom. The van der Waals surface area contributed by atoms with E-state index in [1.165, 1.54) is 11.1 Å². The molecule has 0 aliphatic rings. The molecule has 0 unspecified atom stereocenters. The Morgan fingerprint density at radius 1 is 1.45 bits per heavy atom. The lowest BCUT2D eigenvalue weighted by atomic mass is 10.1. The van der Waals surface area contributed by atoms with Crippen LogP contribution in [-0.2, 0) is 4.79 Å². The molecule has 2 rings (SSSR count). The van der Waals surface area contributed by atoms with Gasteiger partial charge in [-0.3, -0.25) is 9.59 Å². The van der Waals surface area contributed by atoms with Crippen molar-refractivity contribution in [1.82, 2.24) is 15.0 Å². The SMILES string of the molecule is Cc1noc2ncc(C(=O)N(CC(=O)O)C(C)C)cc12. The van der Waals surface area contributed by atoms with Crippen molar-refractivity contribution in [1.29, 1.82) is 0 Å². The quantitative estimate of drug-likeness (QED) is 0.908. The molecule has 0 saturated heterocycles. The maximum Gasteiger partial charge on any atom is 0.323 e. The maximum absolute atomic E-state index is 12.4. The van der Waals surface area contributed by atoms with Crippen molar-refractivity contribution in [2.75, 3.05) is 6.54 Å². The van der Waals surface area contributed by atoms with Gasteiger partial charge in [-0.2, -0.15) is 0 Å². The number of carbonyl (C=O) groups is 2. The second kappa shape index (κ2) is 5.28. The van der Waals surface area contributed by atoms with Gasteiger partial charge >= 0.3 is 5.97 Å². The summed E-state index contributed by atoms with van der Waals surface area (Å²) in [5.41, 5.74) is 1.31. The van der Waals surface area contributed by atoms with Crippen LogP contribution in [0.25, 0.3) is 11.1 Å². The zero-order valence-corrected chi connectivity index (χ0v) is 11.5. The van der Waals surface area contributed by atoms with Crippen molar-refractivity contribution in [3.05, 3.63) is 23.5 Å². The number of pyridine rings is 1. The smallest absolute Gasteiger partial charge is 0.323 e. The summed E-state index contributed by atoms with van der Waals surface area (Å²) in [5.74, 6) is -1.43.